The van der Waals surface area contributed by atoms with Crippen LogP contribution in [0, 0.1) is 0 Å². The predicted octanol–water partition coefficient (Wildman–Crippen LogP) is 4.30. The van der Waals surface area contributed by atoms with Gasteiger partial charge in [-0.05, 0) is 31.7 Å². The van der Waals surface area contributed by atoms with Crippen molar-refractivity contribution in [1.29, 1.82) is 0 Å². The molecule has 0 saturated heterocycles. The molecule has 0 amide bonds. The van der Waals surface area contributed by atoms with E-state index in [1.807, 2.05) is 12.1 Å². The van der Waals surface area contributed by atoms with Crippen LogP contribution in [0.15, 0.2) is 18.2 Å². The summed E-state index contributed by atoms with van der Waals surface area (Å²) < 4.78 is 11.5. The highest BCUT2D eigenvalue weighted by Gasteiger charge is 2.18. The summed E-state index contributed by atoms with van der Waals surface area (Å²) in [4.78, 5) is 0. The van der Waals surface area contributed by atoms with Gasteiger partial charge < -0.3 is 9.47 Å². The second-order valence-electron chi connectivity index (χ2n) is 4.46. The summed E-state index contributed by atoms with van der Waals surface area (Å²) in [6, 6.07) is 6.04. The lowest BCUT2D eigenvalue weighted by atomic mass is 9.97. The van der Waals surface area contributed by atoms with Gasteiger partial charge in [-0.15, -0.1) is 0 Å². The third kappa shape index (κ3) is 3.15. The summed E-state index contributed by atoms with van der Waals surface area (Å²) in [5, 5.41) is 0.798. The van der Waals surface area contributed by atoms with E-state index in [2.05, 4.69) is 22.0 Å². The lowest BCUT2D eigenvalue weighted by Gasteiger charge is -2.25. The van der Waals surface area contributed by atoms with Gasteiger partial charge in [0.2, 0.25) is 0 Å². The van der Waals surface area contributed by atoms with Crippen LogP contribution in [0.5, 0.6) is 11.5 Å². The maximum absolute atomic E-state index is 6.14. The molecule has 0 atom stereocenters. The monoisotopic (exact) mass is 298 g/mol. The molecule has 2 nitrogen and oxygen atoms in total. The Balaban J connectivity index is 2.16. The molecule has 3 heteroatoms. The molecular formula is C14H19BrO2. The van der Waals surface area contributed by atoms with Crippen molar-refractivity contribution in [3.63, 3.8) is 0 Å². The first-order valence-corrected chi connectivity index (χ1v) is 7.35. The molecule has 0 N–H and O–H groups in total. The Bertz CT molecular complexity index is 337. The van der Waals surface area contributed by atoms with Crippen LogP contribution >= 0.6 is 15.9 Å². The Morgan fingerprint density at radius 1 is 1.24 bits per heavy atom. The lowest BCUT2D eigenvalue weighted by molar-refractivity contribution is 0.148. The quantitative estimate of drug-likeness (QED) is 0.772. The molecule has 0 heterocycles. The summed E-state index contributed by atoms with van der Waals surface area (Å²) in [5.41, 5.74) is 1.16. The molecule has 0 bridgehead atoms. The van der Waals surface area contributed by atoms with Crippen molar-refractivity contribution in [2.24, 2.45) is 0 Å². The standard InChI is InChI=1S/C14H19BrO2/c1-16-13-9-5-6-11(10-15)14(13)17-12-7-3-2-4-8-12/h5-6,9,12H,2-4,7-8,10H2,1H3. The SMILES string of the molecule is COc1cccc(CBr)c1OC1CCCCC1. The Morgan fingerprint density at radius 3 is 2.65 bits per heavy atom. The third-order valence-electron chi connectivity index (χ3n) is 3.26. The summed E-state index contributed by atoms with van der Waals surface area (Å²) in [6.07, 6.45) is 6.60. The summed E-state index contributed by atoms with van der Waals surface area (Å²) in [5.74, 6) is 1.76. The minimum absolute atomic E-state index is 0.359. The first-order chi connectivity index (χ1) is 8.35. The summed E-state index contributed by atoms with van der Waals surface area (Å²) in [7, 11) is 1.70. The highest BCUT2D eigenvalue weighted by atomic mass is 79.9. The molecule has 1 aromatic carbocycles. The smallest absolute Gasteiger partial charge is 0.165 e. The van der Waals surface area contributed by atoms with Gasteiger partial charge in [0, 0.05) is 10.9 Å². The number of para-hydroxylation sites is 1. The van der Waals surface area contributed by atoms with Crippen LogP contribution < -0.4 is 9.47 Å². The zero-order valence-electron chi connectivity index (χ0n) is 10.2. The maximum Gasteiger partial charge on any atom is 0.165 e. The average molecular weight is 299 g/mol. The van der Waals surface area contributed by atoms with Crippen molar-refractivity contribution in [3.05, 3.63) is 23.8 Å². The van der Waals surface area contributed by atoms with Gasteiger partial charge in [-0.1, -0.05) is 34.5 Å². The van der Waals surface area contributed by atoms with Crippen molar-refractivity contribution in [3.8, 4) is 11.5 Å². The van der Waals surface area contributed by atoms with E-state index in [0.717, 1.165) is 22.4 Å². The Hall–Kier alpha value is -0.700. The van der Waals surface area contributed by atoms with E-state index in [-0.39, 0.29) is 0 Å². The molecule has 17 heavy (non-hydrogen) atoms. The first-order valence-electron chi connectivity index (χ1n) is 6.23. The van der Waals surface area contributed by atoms with Crippen molar-refractivity contribution in [2.75, 3.05) is 7.11 Å². The molecule has 94 valence electrons. The highest BCUT2D eigenvalue weighted by molar-refractivity contribution is 9.08. The van der Waals surface area contributed by atoms with E-state index < -0.39 is 0 Å². The first kappa shape index (κ1) is 12.7. The van der Waals surface area contributed by atoms with Crippen molar-refractivity contribution in [2.45, 2.75) is 43.5 Å². The van der Waals surface area contributed by atoms with Gasteiger partial charge in [0.25, 0.3) is 0 Å². The zero-order chi connectivity index (χ0) is 12.1. The second-order valence-corrected chi connectivity index (χ2v) is 5.02. The maximum atomic E-state index is 6.14. The van der Waals surface area contributed by atoms with Gasteiger partial charge in [0.15, 0.2) is 11.5 Å². The molecule has 0 spiro atoms. The van der Waals surface area contributed by atoms with Crippen molar-refractivity contribution < 1.29 is 9.47 Å². The number of methoxy groups -OCH3 is 1. The number of benzene rings is 1. The fourth-order valence-corrected chi connectivity index (χ4v) is 2.75. The predicted molar refractivity (Wildman–Crippen MR) is 73.1 cm³/mol. The Kier molecular flexibility index (Phi) is 4.72. The summed E-state index contributed by atoms with van der Waals surface area (Å²) in [6.45, 7) is 0. The molecule has 1 saturated carbocycles. The van der Waals surface area contributed by atoms with Crippen LogP contribution in [-0.2, 0) is 5.33 Å². The minimum atomic E-state index is 0.359. The third-order valence-corrected chi connectivity index (χ3v) is 3.87. The largest absolute Gasteiger partial charge is 0.493 e. The fourth-order valence-electron chi connectivity index (χ4n) is 2.31. The molecular weight excluding hydrogens is 280 g/mol. The number of hydrogen-bond donors (Lipinski definition) is 0. The second kappa shape index (κ2) is 6.29. The number of hydrogen-bond acceptors (Lipinski definition) is 2. The van der Waals surface area contributed by atoms with Gasteiger partial charge in [-0.25, -0.2) is 0 Å². The zero-order valence-corrected chi connectivity index (χ0v) is 11.8. The van der Waals surface area contributed by atoms with Gasteiger partial charge in [0.05, 0.1) is 13.2 Å². The highest BCUT2D eigenvalue weighted by Crippen LogP contribution is 2.35. The van der Waals surface area contributed by atoms with Crippen LogP contribution in [-0.4, -0.2) is 13.2 Å². The topological polar surface area (TPSA) is 18.5 Å². The van der Waals surface area contributed by atoms with Crippen LogP contribution in [0.4, 0.5) is 0 Å². The van der Waals surface area contributed by atoms with E-state index in [1.54, 1.807) is 7.11 Å². The lowest BCUT2D eigenvalue weighted by Crippen LogP contribution is -2.20. The van der Waals surface area contributed by atoms with Gasteiger partial charge in [0.1, 0.15) is 0 Å². The molecule has 0 aliphatic heterocycles. The number of rotatable bonds is 4. The van der Waals surface area contributed by atoms with Crippen LogP contribution in [0.25, 0.3) is 0 Å². The van der Waals surface area contributed by atoms with Gasteiger partial charge >= 0.3 is 0 Å². The molecule has 0 radical (unpaired) electrons. The normalized spacial score (nSPS) is 16.8. The fraction of sp³-hybridized carbons (Fsp3) is 0.571. The minimum Gasteiger partial charge on any atom is -0.493 e. The molecule has 1 aliphatic rings. The summed E-state index contributed by atoms with van der Waals surface area (Å²) >= 11 is 3.50. The van der Waals surface area contributed by atoms with E-state index in [1.165, 1.54) is 32.1 Å². The molecule has 1 aliphatic carbocycles. The van der Waals surface area contributed by atoms with E-state index in [4.69, 9.17) is 9.47 Å². The van der Waals surface area contributed by atoms with Crippen LogP contribution in [0.1, 0.15) is 37.7 Å². The van der Waals surface area contributed by atoms with Gasteiger partial charge in [-0.3, -0.25) is 0 Å². The molecule has 1 aromatic rings. The molecule has 0 unspecified atom stereocenters. The Labute approximate surface area is 111 Å². The molecule has 0 aromatic heterocycles. The van der Waals surface area contributed by atoms with Gasteiger partial charge in [-0.2, -0.15) is 0 Å². The number of ether oxygens (including phenoxy) is 2. The molecule has 2 rings (SSSR count). The van der Waals surface area contributed by atoms with E-state index in [9.17, 15) is 0 Å². The van der Waals surface area contributed by atoms with E-state index in [0.29, 0.717) is 6.10 Å². The van der Waals surface area contributed by atoms with Crippen LogP contribution in [0.2, 0.25) is 0 Å². The number of alkyl halides is 1. The average Bonchev–Trinajstić information content (AvgIpc) is 2.40. The van der Waals surface area contributed by atoms with Crippen molar-refractivity contribution >= 4 is 15.9 Å². The van der Waals surface area contributed by atoms with Crippen molar-refractivity contribution in [1.82, 2.24) is 0 Å². The van der Waals surface area contributed by atoms with Crippen LogP contribution in [0.3, 0.4) is 0 Å². The van der Waals surface area contributed by atoms with E-state index >= 15 is 0 Å². The Morgan fingerprint density at radius 2 is 2.00 bits per heavy atom. The number of halogens is 1. The molecule has 1 fully saturated rings.